The Morgan fingerprint density at radius 2 is 2.33 bits per heavy atom. The predicted octanol–water partition coefficient (Wildman–Crippen LogP) is 1.84. The van der Waals surface area contributed by atoms with Crippen LogP contribution in [0.25, 0.3) is 0 Å². The van der Waals surface area contributed by atoms with Gasteiger partial charge in [0.25, 0.3) is 0 Å². The number of hydrogen-bond acceptors (Lipinski definition) is 3. The highest BCUT2D eigenvalue weighted by Crippen LogP contribution is 2.21. The third kappa shape index (κ3) is 3.26. The van der Waals surface area contributed by atoms with E-state index in [1.54, 1.807) is 0 Å². The average Bonchev–Trinajstić information content (AvgIpc) is 2.78. The van der Waals surface area contributed by atoms with Crippen molar-refractivity contribution < 1.29 is 8.78 Å². The van der Waals surface area contributed by atoms with E-state index < -0.39 is 6.55 Å². The first kappa shape index (κ1) is 13.4. The first-order valence-electron chi connectivity index (χ1n) is 6.43. The lowest BCUT2D eigenvalue weighted by Gasteiger charge is -2.32. The number of imidazole rings is 1. The summed E-state index contributed by atoms with van der Waals surface area (Å²) in [7, 11) is 0. The maximum absolute atomic E-state index is 12.7. The van der Waals surface area contributed by atoms with E-state index in [0.717, 1.165) is 30.5 Å². The van der Waals surface area contributed by atoms with Gasteiger partial charge in [-0.2, -0.15) is 8.78 Å². The number of rotatable bonds is 5. The molecule has 1 atom stereocenters. The monoisotopic (exact) mass is 258 g/mol. The van der Waals surface area contributed by atoms with Gasteiger partial charge in [0.15, 0.2) is 0 Å². The van der Waals surface area contributed by atoms with Gasteiger partial charge in [0.05, 0.1) is 6.54 Å². The van der Waals surface area contributed by atoms with Gasteiger partial charge >= 0.3 is 6.55 Å². The Hall–Kier alpha value is -1.01. The highest BCUT2D eigenvalue weighted by Gasteiger charge is 2.21. The van der Waals surface area contributed by atoms with E-state index in [9.17, 15) is 8.78 Å². The molecule has 0 saturated carbocycles. The van der Waals surface area contributed by atoms with E-state index >= 15 is 0 Å². The van der Waals surface area contributed by atoms with Gasteiger partial charge in [-0.25, -0.2) is 4.98 Å². The third-order valence-electron chi connectivity index (χ3n) is 3.50. The van der Waals surface area contributed by atoms with Crippen LogP contribution >= 0.6 is 0 Å². The smallest absolute Gasteiger partial charge is 0.319 e. The normalized spacial score (nSPS) is 21.7. The van der Waals surface area contributed by atoms with Crippen molar-refractivity contribution in [1.82, 2.24) is 14.5 Å². The van der Waals surface area contributed by atoms with E-state index in [-0.39, 0.29) is 0 Å². The molecule has 0 aliphatic carbocycles. The molecule has 1 aliphatic heterocycles. The van der Waals surface area contributed by atoms with Crippen molar-refractivity contribution in [2.24, 2.45) is 11.7 Å². The van der Waals surface area contributed by atoms with Crippen LogP contribution in [0.1, 0.15) is 31.6 Å². The Balaban J connectivity index is 1.94. The molecule has 2 rings (SSSR count). The van der Waals surface area contributed by atoms with Crippen molar-refractivity contribution >= 4 is 0 Å². The maximum Gasteiger partial charge on any atom is 0.319 e. The van der Waals surface area contributed by atoms with Crippen LogP contribution in [-0.2, 0) is 6.54 Å². The van der Waals surface area contributed by atoms with Gasteiger partial charge in [-0.3, -0.25) is 9.47 Å². The molecule has 1 aromatic heterocycles. The summed E-state index contributed by atoms with van der Waals surface area (Å²) in [6, 6.07) is 0. The second-order valence-corrected chi connectivity index (χ2v) is 4.85. The summed E-state index contributed by atoms with van der Waals surface area (Å²) in [6.45, 7) is 0.583. The number of nitrogens with zero attached hydrogens (tertiary/aromatic N) is 3. The summed E-state index contributed by atoms with van der Waals surface area (Å²) in [5.41, 5.74) is 5.57. The number of nitrogens with two attached hydrogens (primary N) is 1. The standard InChI is InChI=1S/C12H20F2N4/c13-12(14)18-7-5-16-11(18)9-17-6-1-2-10(8-17)3-4-15/h5,7,10,12H,1-4,6,8-9,15H2. The third-order valence-corrected chi connectivity index (χ3v) is 3.50. The summed E-state index contributed by atoms with van der Waals surface area (Å²) in [6.07, 6.45) is 6.08. The first-order valence-corrected chi connectivity index (χ1v) is 6.43. The Labute approximate surface area is 106 Å². The molecule has 4 nitrogen and oxygen atoms in total. The molecule has 1 saturated heterocycles. The number of aromatic nitrogens is 2. The molecule has 18 heavy (non-hydrogen) atoms. The zero-order valence-corrected chi connectivity index (χ0v) is 10.4. The zero-order valence-electron chi connectivity index (χ0n) is 10.4. The summed E-state index contributed by atoms with van der Waals surface area (Å²) in [5, 5.41) is 0. The highest BCUT2D eigenvalue weighted by molar-refractivity contribution is 4.93. The van der Waals surface area contributed by atoms with Gasteiger partial charge in [0.1, 0.15) is 5.82 Å². The van der Waals surface area contributed by atoms with Gasteiger partial charge in [0.2, 0.25) is 0 Å². The minimum atomic E-state index is -2.51. The SMILES string of the molecule is NCCC1CCCN(Cc2nccn2C(F)F)C1. The van der Waals surface area contributed by atoms with E-state index in [1.807, 2.05) is 0 Å². The van der Waals surface area contributed by atoms with Gasteiger partial charge in [0, 0.05) is 18.9 Å². The van der Waals surface area contributed by atoms with Crippen molar-refractivity contribution in [3.05, 3.63) is 18.2 Å². The Bertz CT molecular complexity index is 365. The molecule has 1 aliphatic rings. The number of likely N-dealkylation sites (tertiary alicyclic amines) is 1. The van der Waals surface area contributed by atoms with Crippen molar-refractivity contribution in [1.29, 1.82) is 0 Å². The molecule has 0 aromatic carbocycles. The Morgan fingerprint density at radius 1 is 1.50 bits per heavy atom. The Morgan fingerprint density at radius 3 is 3.06 bits per heavy atom. The first-order chi connectivity index (χ1) is 8.70. The van der Waals surface area contributed by atoms with Gasteiger partial charge in [-0.15, -0.1) is 0 Å². The lowest BCUT2D eigenvalue weighted by Crippen LogP contribution is -2.36. The van der Waals surface area contributed by atoms with E-state index in [2.05, 4.69) is 9.88 Å². The van der Waals surface area contributed by atoms with E-state index in [1.165, 1.54) is 18.8 Å². The molecular formula is C12H20F2N4. The van der Waals surface area contributed by atoms with Crippen LogP contribution in [0.4, 0.5) is 8.78 Å². The molecule has 0 radical (unpaired) electrons. The fraction of sp³-hybridized carbons (Fsp3) is 0.750. The average molecular weight is 258 g/mol. The number of hydrogen-bond donors (Lipinski definition) is 1. The number of piperidine rings is 1. The van der Waals surface area contributed by atoms with Crippen molar-refractivity contribution in [2.75, 3.05) is 19.6 Å². The minimum absolute atomic E-state index is 0.443. The van der Waals surface area contributed by atoms with Crippen molar-refractivity contribution in [2.45, 2.75) is 32.4 Å². The largest absolute Gasteiger partial charge is 0.330 e. The lowest BCUT2D eigenvalue weighted by molar-refractivity contribution is 0.0618. The molecule has 102 valence electrons. The summed E-state index contributed by atoms with van der Waals surface area (Å²) in [5.74, 6) is 1.04. The molecule has 1 unspecified atom stereocenters. The van der Waals surface area contributed by atoms with Crippen molar-refractivity contribution in [3.63, 3.8) is 0 Å². The molecular weight excluding hydrogens is 238 g/mol. The fourth-order valence-electron chi connectivity index (χ4n) is 2.61. The van der Waals surface area contributed by atoms with Gasteiger partial charge in [-0.05, 0) is 38.3 Å². The van der Waals surface area contributed by atoms with Gasteiger partial charge < -0.3 is 5.73 Å². The van der Waals surface area contributed by atoms with Crippen LogP contribution in [0.3, 0.4) is 0 Å². The Kier molecular flexibility index (Phi) is 4.66. The lowest BCUT2D eigenvalue weighted by atomic mass is 9.95. The van der Waals surface area contributed by atoms with Gasteiger partial charge in [-0.1, -0.05) is 0 Å². The molecule has 2 heterocycles. The second kappa shape index (κ2) is 6.24. The maximum atomic E-state index is 12.7. The second-order valence-electron chi connectivity index (χ2n) is 4.85. The molecule has 1 aromatic rings. The fourth-order valence-corrected chi connectivity index (χ4v) is 2.61. The minimum Gasteiger partial charge on any atom is -0.330 e. The van der Waals surface area contributed by atoms with Crippen molar-refractivity contribution in [3.8, 4) is 0 Å². The van der Waals surface area contributed by atoms with Crippen LogP contribution in [0, 0.1) is 5.92 Å². The highest BCUT2D eigenvalue weighted by atomic mass is 19.3. The molecule has 0 amide bonds. The molecule has 1 fully saturated rings. The van der Waals surface area contributed by atoms with E-state index in [0.29, 0.717) is 24.8 Å². The van der Waals surface area contributed by atoms with Crippen LogP contribution in [0.2, 0.25) is 0 Å². The molecule has 2 N–H and O–H groups in total. The summed E-state index contributed by atoms with van der Waals surface area (Å²) >= 11 is 0. The number of alkyl halides is 2. The summed E-state index contributed by atoms with van der Waals surface area (Å²) in [4.78, 5) is 6.22. The van der Waals surface area contributed by atoms with Crippen LogP contribution in [-0.4, -0.2) is 34.1 Å². The zero-order chi connectivity index (χ0) is 13.0. The van der Waals surface area contributed by atoms with Crippen LogP contribution in [0.15, 0.2) is 12.4 Å². The molecule has 6 heteroatoms. The quantitative estimate of drug-likeness (QED) is 0.876. The molecule has 0 bridgehead atoms. The number of halogens is 2. The topological polar surface area (TPSA) is 47.1 Å². The predicted molar refractivity (Wildman–Crippen MR) is 65.2 cm³/mol. The van der Waals surface area contributed by atoms with Crippen LogP contribution in [0.5, 0.6) is 0 Å². The van der Waals surface area contributed by atoms with E-state index in [4.69, 9.17) is 5.73 Å². The summed E-state index contributed by atoms with van der Waals surface area (Å²) < 4.78 is 26.3. The molecule has 0 spiro atoms. The van der Waals surface area contributed by atoms with Crippen LogP contribution < -0.4 is 5.73 Å².